The van der Waals surface area contributed by atoms with Crippen LogP contribution in [0.2, 0.25) is 0 Å². The van der Waals surface area contributed by atoms with Crippen molar-refractivity contribution in [3.8, 4) is 0 Å². The maximum Gasteiger partial charge on any atom is 0.313 e. The zero-order valence-electron chi connectivity index (χ0n) is 10.4. The number of carbonyl (C=O) groups is 1. The van der Waals surface area contributed by atoms with Gasteiger partial charge in [-0.05, 0) is 25.0 Å². The summed E-state index contributed by atoms with van der Waals surface area (Å²) >= 11 is 1.24. The van der Waals surface area contributed by atoms with Gasteiger partial charge >= 0.3 is 5.97 Å². The number of carboxylic acids is 1. The molecule has 0 spiro atoms. The summed E-state index contributed by atoms with van der Waals surface area (Å²) in [4.78, 5) is 19.5. The summed E-state index contributed by atoms with van der Waals surface area (Å²) in [7, 11) is 0. The molecule has 0 aromatic carbocycles. The first-order chi connectivity index (χ1) is 8.63. The van der Waals surface area contributed by atoms with Crippen LogP contribution < -0.4 is 0 Å². The van der Waals surface area contributed by atoms with Gasteiger partial charge in [0.2, 0.25) is 0 Å². The third-order valence-electron chi connectivity index (χ3n) is 2.57. The minimum absolute atomic E-state index is 0.0199. The van der Waals surface area contributed by atoms with Crippen molar-refractivity contribution in [1.82, 2.24) is 14.5 Å². The van der Waals surface area contributed by atoms with Crippen LogP contribution in [-0.2, 0) is 11.3 Å². The topological polar surface area (TPSA) is 68.0 Å². The van der Waals surface area contributed by atoms with Crippen molar-refractivity contribution < 1.29 is 9.90 Å². The van der Waals surface area contributed by atoms with Crippen LogP contribution in [0.25, 0.3) is 11.2 Å². The van der Waals surface area contributed by atoms with E-state index in [0.29, 0.717) is 0 Å². The zero-order valence-corrected chi connectivity index (χ0v) is 11.2. The van der Waals surface area contributed by atoms with Gasteiger partial charge in [-0.25, -0.2) is 9.97 Å². The standard InChI is InChI=1S/C12H15N3O2S/c1-3-6-15-11-10(8(2)4-5-13-11)14-12(15)18-7-9(16)17/h4-5H,3,6-7H2,1-2H3,(H,16,17). The first-order valence-electron chi connectivity index (χ1n) is 5.80. The van der Waals surface area contributed by atoms with Gasteiger partial charge < -0.3 is 9.67 Å². The fourth-order valence-electron chi connectivity index (χ4n) is 1.78. The molecule has 0 saturated heterocycles. The van der Waals surface area contributed by atoms with Gasteiger partial charge in [-0.15, -0.1) is 0 Å². The number of imidazole rings is 1. The van der Waals surface area contributed by atoms with E-state index in [4.69, 9.17) is 5.11 Å². The number of hydrogen-bond acceptors (Lipinski definition) is 4. The van der Waals surface area contributed by atoms with Crippen LogP contribution in [0.4, 0.5) is 0 Å². The van der Waals surface area contributed by atoms with Gasteiger partial charge in [0.1, 0.15) is 5.52 Å². The van der Waals surface area contributed by atoms with Gasteiger partial charge in [0, 0.05) is 12.7 Å². The van der Waals surface area contributed by atoms with E-state index >= 15 is 0 Å². The van der Waals surface area contributed by atoms with Gasteiger partial charge in [-0.2, -0.15) is 0 Å². The summed E-state index contributed by atoms with van der Waals surface area (Å²) in [6.07, 6.45) is 2.72. The highest BCUT2D eigenvalue weighted by Crippen LogP contribution is 2.24. The fraction of sp³-hybridized carbons (Fsp3) is 0.417. The molecule has 0 aliphatic rings. The molecule has 0 aliphatic carbocycles. The van der Waals surface area contributed by atoms with E-state index in [9.17, 15) is 4.79 Å². The molecule has 18 heavy (non-hydrogen) atoms. The van der Waals surface area contributed by atoms with Crippen LogP contribution in [0.5, 0.6) is 0 Å². The Labute approximate surface area is 109 Å². The summed E-state index contributed by atoms with van der Waals surface area (Å²) in [5, 5.41) is 9.48. The van der Waals surface area contributed by atoms with E-state index in [1.807, 2.05) is 17.6 Å². The second-order valence-electron chi connectivity index (χ2n) is 4.03. The molecular weight excluding hydrogens is 250 g/mol. The Morgan fingerprint density at radius 1 is 1.56 bits per heavy atom. The molecule has 2 aromatic heterocycles. The van der Waals surface area contributed by atoms with E-state index < -0.39 is 5.97 Å². The van der Waals surface area contributed by atoms with E-state index in [-0.39, 0.29) is 5.75 Å². The highest BCUT2D eigenvalue weighted by molar-refractivity contribution is 7.99. The molecule has 0 saturated carbocycles. The lowest BCUT2D eigenvalue weighted by molar-refractivity contribution is -0.133. The first-order valence-corrected chi connectivity index (χ1v) is 6.78. The number of hydrogen-bond donors (Lipinski definition) is 1. The van der Waals surface area contributed by atoms with Crippen molar-refractivity contribution >= 4 is 28.9 Å². The smallest absolute Gasteiger partial charge is 0.313 e. The predicted molar refractivity (Wildman–Crippen MR) is 70.9 cm³/mol. The second-order valence-corrected chi connectivity index (χ2v) is 4.97. The first kappa shape index (κ1) is 12.9. The van der Waals surface area contributed by atoms with Crippen molar-refractivity contribution in [3.63, 3.8) is 0 Å². The minimum Gasteiger partial charge on any atom is -0.481 e. The number of nitrogens with zero attached hydrogens (tertiary/aromatic N) is 3. The average molecular weight is 265 g/mol. The molecule has 96 valence electrons. The molecule has 6 heteroatoms. The maximum atomic E-state index is 10.7. The quantitative estimate of drug-likeness (QED) is 0.840. The van der Waals surface area contributed by atoms with Crippen molar-refractivity contribution in [3.05, 3.63) is 17.8 Å². The van der Waals surface area contributed by atoms with Crippen LogP contribution in [0.1, 0.15) is 18.9 Å². The number of aromatic nitrogens is 3. The van der Waals surface area contributed by atoms with E-state index in [1.165, 1.54) is 11.8 Å². The number of aliphatic carboxylic acids is 1. The predicted octanol–water partition coefficient (Wildman–Crippen LogP) is 2.33. The number of fused-ring (bicyclic) bond motifs is 1. The molecule has 2 heterocycles. The number of aryl methyl sites for hydroxylation is 2. The molecule has 0 fully saturated rings. The Morgan fingerprint density at radius 3 is 3.00 bits per heavy atom. The number of thioether (sulfide) groups is 1. The summed E-state index contributed by atoms with van der Waals surface area (Å²) in [6, 6.07) is 1.91. The third kappa shape index (κ3) is 2.48. The van der Waals surface area contributed by atoms with Crippen molar-refractivity contribution in [1.29, 1.82) is 0 Å². The van der Waals surface area contributed by atoms with Crippen molar-refractivity contribution in [2.24, 2.45) is 0 Å². The molecule has 0 atom stereocenters. The normalized spacial score (nSPS) is 11.0. The lowest BCUT2D eigenvalue weighted by atomic mass is 10.3. The molecule has 0 aliphatic heterocycles. The van der Waals surface area contributed by atoms with Gasteiger partial charge in [-0.3, -0.25) is 4.79 Å². The fourth-order valence-corrected chi connectivity index (χ4v) is 2.52. The molecule has 0 amide bonds. The summed E-state index contributed by atoms with van der Waals surface area (Å²) < 4.78 is 2.00. The molecule has 2 aromatic rings. The van der Waals surface area contributed by atoms with Crippen molar-refractivity contribution in [2.45, 2.75) is 32.0 Å². The Balaban J connectivity index is 2.46. The number of pyridine rings is 1. The molecule has 2 rings (SSSR count). The lowest BCUT2D eigenvalue weighted by Gasteiger charge is -2.05. The highest BCUT2D eigenvalue weighted by Gasteiger charge is 2.14. The molecule has 1 N–H and O–H groups in total. The van der Waals surface area contributed by atoms with Crippen LogP contribution in [0.15, 0.2) is 17.4 Å². The van der Waals surface area contributed by atoms with Gasteiger partial charge in [0.25, 0.3) is 0 Å². The van der Waals surface area contributed by atoms with E-state index in [1.54, 1.807) is 6.20 Å². The van der Waals surface area contributed by atoms with Crippen LogP contribution in [-0.4, -0.2) is 31.4 Å². The van der Waals surface area contributed by atoms with Crippen molar-refractivity contribution in [2.75, 3.05) is 5.75 Å². The van der Waals surface area contributed by atoms with E-state index in [0.717, 1.165) is 34.8 Å². The molecular formula is C12H15N3O2S. The maximum absolute atomic E-state index is 10.7. The monoisotopic (exact) mass is 265 g/mol. The Hall–Kier alpha value is -1.56. The largest absolute Gasteiger partial charge is 0.481 e. The average Bonchev–Trinajstić information content (AvgIpc) is 2.67. The highest BCUT2D eigenvalue weighted by atomic mass is 32.2. The summed E-state index contributed by atoms with van der Waals surface area (Å²) in [5.41, 5.74) is 2.76. The number of carboxylic acid groups (broad SMARTS) is 1. The SMILES string of the molecule is CCCn1c(SCC(=O)O)nc2c(C)ccnc21. The molecule has 5 nitrogen and oxygen atoms in total. The van der Waals surface area contributed by atoms with Gasteiger partial charge in [0.05, 0.1) is 5.75 Å². The van der Waals surface area contributed by atoms with Crippen LogP contribution in [0.3, 0.4) is 0 Å². The Morgan fingerprint density at radius 2 is 2.33 bits per heavy atom. The Bertz CT molecular complexity index is 580. The molecule has 0 radical (unpaired) electrons. The minimum atomic E-state index is -0.834. The zero-order chi connectivity index (χ0) is 13.1. The number of rotatable bonds is 5. The summed E-state index contributed by atoms with van der Waals surface area (Å²) in [6.45, 7) is 4.86. The Kier molecular flexibility index (Phi) is 3.86. The van der Waals surface area contributed by atoms with Gasteiger partial charge in [0.15, 0.2) is 10.8 Å². The van der Waals surface area contributed by atoms with Gasteiger partial charge in [-0.1, -0.05) is 18.7 Å². The van der Waals surface area contributed by atoms with Crippen LogP contribution >= 0.6 is 11.8 Å². The second kappa shape index (κ2) is 5.39. The van der Waals surface area contributed by atoms with Crippen LogP contribution in [0, 0.1) is 6.92 Å². The van der Waals surface area contributed by atoms with E-state index in [2.05, 4.69) is 16.9 Å². The molecule has 0 bridgehead atoms. The lowest BCUT2D eigenvalue weighted by Crippen LogP contribution is -2.03. The molecule has 0 unspecified atom stereocenters. The third-order valence-corrected chi connectivity index (χ3v) is 3.53. The summed E-state index contributed by atoms with van der Waals surface area (Å²) in [5.74, 6) is -0.814.